The molecule has 0 aliphatic carbocycles. The first-order chi connectivity index (χ1) is 17.0. The van der Waals surface area contributed by atoms with Gasteiger partial charge in [-0.15, -0.1) is 0 Å². The second kappa shape index (κ2) is 11.2. The fraction of sp³-hybridized carbons (Fsp3) is 0.409. The Kier molecular flexibility index (Phi) is 8.28. The van der Waals surface area contributed by atoms with Crippen LogP contribution in [0.1, 0.15) is 21.6 Å². The van der Waals surface area contributed by atoms with Crippen LogP contribution in [-0.2, 0) is 11.3 Å². The lowest BCUT2D eigenvalue weighted by atomic mass is 10.1. The molecule has 1 unspecified atom stereocenters. The van der Waals surface area contributed by atoms with Crippen LogP contribution in [0.15, 0.2) is 24.4 Å². The van der Waals surface area contributed by atoms with Gasteiger partial charge < -0.3 is 25.5 Å². The van der Waals surface area contributed by atoms with Gasteiger partial charge in [0, 0.05) is 44.5 Å². The largest absolute Gasteiger partial charge is 0.405 e. The number of aromatic nitrogens is 2. The van der Waals surface area contributed by atoms with E-state index in [1.165, 1.54) is 18.0 Å². The molecule has 0 radical (unpaired) electrons. The van der Waals surface area contributed by atoms with Crippen molar-refractivity contribution in [1.82, 2.24) is 19.8 Å². The van der Waals surface area contributed by atoms with Crippen molar-refractivity contribution >= 4 is 29.5 Å². The summed E-state index contributed by atoms with van der Waals surface area (Å²) in [4.78, 5) is 37.0. The molecule has 3 heterocycles. The van der Waals surface area contributed by atoms with Crippen LogP contribution < -0.4 is 15.5 Å². The van der Waals surface area contributed by atoms with Gasteiger partial charge in [0.2, 0.25) is 12.3 Å². The first kappa shape index (κ1) is 26.6. The molecule has 0 spiro atoms. The molecule has 1 aliphatic heterocycles. The van der Waals surface area contributed by atoms with Gasteiger partial charge in [-0.1, -0.05) is 6.07 Å². The van der Waals surface area contributed by atoms with Crippen LogP contribution in [0.5, 0.6) is 0 Å². The van der Waals surface area contributed by atoms with E-state index < -0.39 is 19.1 Å². The monoisotopic (exact) mass is 506 g/mol. The van der Waals surface area contributed by atoms with Gasteiger partial charge in [0.25, 0.3) is 0 Å². The molecule has 1 atom stereocenters. The van der Waals surface area contributed by atoms with Gasteiger partial charge in [-0.25, -0.2) is 9.97 Å². The highest BCUT2D eigenvalue weighted by Gasteiger charge is 2.27. The van der Waals surface area contributed by atoms with E-state index in [0.717, 1.165) is 6.20 Å². The van der Waals surface area contributed by atoms with Gasteiger partial charge in [-0.05, 0) is 13.1 Å². The minimum atomic E-state index is -4.49. The number of likely N-dealkylation sites (N-methyl/N-ethyl adjacent to an activating group) is 1. The second-order valence-corrected chi connectivity index (χ2v) is 8.21. The van der Waals surface area contributed by atoms with Crippen molar-refractivity contribution < 1.29 is 27.9 Å². The Morgan fingerprint density at radius 1 is 1.36 bits per heavy atom. The van der Waals surface area contributed by atoms with E-state index in [2.05, 4.69) is 20.6 Å². The fourth-order valence-electron chi connectivity index (χ4n) is 3.44. The van der Waals surface area contributed by atoms with Crippen molar-refractivity contribution in [3.63, 3.8) is 0 Å². The van der Waals surface area contributed by atoms with Crippen molar-refractivity contribution in [2.45, 2.75) is 19.1 Å². The Morgan fingerprint density at radius 2 is 2.11 bits per heavy atom. The third-order valence-electron chi connectivity index (χ3n) is 5.49. The van der Waals surface area contributed by atoms with Gasteiger partial charge in [0.1, 0.15) is 29.9 Å². The molecule has 11 nitrogen and oxygen atoms in total. The molecule has 1 aliphatic rings. The maximum Gasteiger partial charge on any atom is 0.405 e. The van der Waals surface area contributed by atoms with Gasteiger partial charge in [0.15, 0.2) is 6.29 Å². The molecule has 192 valence electrons. The number of nitriles is 1. The molecule has 3 rings (SSSR count). The molecule has 0 bridgehead atoms. The van der Waals surface area contributed by atoms with E-state index >= 15 is 0 Å². The molecule has 1 amide bonds. The number of anilines is 3. The first-order valence-electron chi connectivity index (χ1n) is 10.8. The Balaban J connectivity index is 1.71. The van der Waals surface area contributed by atoms with Crippen LogP contribution in [0.3, 0.4) is 0 Å². The number of rotatable bonds is 9. The Morgan fingerprint density at radius 3 is 2.75 bits per heavy atom. The van der Waals surface area contributed by atoms with Crippen molar-refractivity contribution in [3.05, 3.63) is 41.2 Å². The molecule has 1 fully saturated rings. The number of aliphatic hydroxyl groups is 1. The van der Waals surface area contributed by atoms with E-state index in [1.54, 1.807) is 23.1 Å². The first-order valence-corrected chi connectivity index (χ1v) is 10.8. The lowest BCUT2D eigenvalue weighted by molar-refractivity contribution is -0.136. The van der Waals surface area contributed by atoms with Gasteiger partial charge >= 0.3 is 6.18 Å². The summed E-state index contributed by atoms with van der Waals surface area (Å²) in [5, 5.41) is 24.4. The highest BCUT2D eigenvalue weighted by Crippen LogP contribution is 2.23. The van der Waals surface area contributed by atoms with Crippen LogP contribution in [-0.4, -0.2) is 89.9 Å². The third kappa shape index (κ3) is 6.80. The number of amides is 1. The zero-order chi connectivity index (χ0) is 26.5. The lowest BCUT2D eigenvalue weighted by Gasteiger charge is -2.32. The van der Waals surface area contributed by atoms with E-state index in [0.29, 0.717) is 31.5 Å². The van der Waals surface area contributed by atoms with Crippen LogP contribution in [0.25, 0.3) is 0 Å². The minimum absolute atomic E-state index is 0.00108. The van der Waals surface area contributed by atoms with Gasteiger partial charge in [-0.2, -0.15) is 18.4 Å². The molecule has 14 heteroatoms. The number of hydrogen-bond donors (Lipinski definition) is 3. The number of carbonyl (C=O) groups is 2. The number of nitrogens with one attached hydrogen (secondary N) is 2. The SMILES string of the molecule is CN1CCN(Cc2ccc(N(C)C(O)Nc3cc(NCC(F)(F)F)c(C#N)cn3)nc2C=O)C(=O)C1. The number of nitrogens with zero attached hydrogens (tertiary/aromatic N) is 6. The summed E-state index contributed by atoms with van der Waals surface area (Å²) >= 11 is 0. The van der Waals surface area contributed by atoms with Crippen molar-refractivity contribution in [2.24, 2.45) is 0 Å². The van der Waals surface area contributed by atoms with E-state index in [9.17, 15) is 27.9 Å². The van der Waals surface area contributed by atoms with E-state index in [4.69, 9.17) is 5.26 Å². The average molecular weight is 506 g/mol. The molecule has 2 aromatic heterocycles. The van der Waals surface area contributed by atoms with Crippen LogP contribution in [0.2, 0.25) is 0 Å². The Bertz CT molecular complexity index is 1150. The zero-order valence-corrected chi connectivity index (χ0v) is 19.6. The molecular formula is C22H25F3N8O3. The smallest absolute Gasteiger partial charge is 0.375 e. The highest BCUT2D eigenvalue weighted by atomic mass is 19.4. The number of alkyl halides is 3. The predicted molar refractivity (Wildman–Crippen MR) is 124 cm³/mol. The standard InChI is InChI=1S/C22H25F3N8O3/c1-31-5-6-33(20(35)11-31)10-14-3-4-19(29-17(14)12-34)32(2)21(36)30-18-7-16(15(8-26)9-27-18)28-13-22(23,24)25/h3-4,7,9,12,21,36H,5-6,10-11,13H2,1-2H3,(H2,27,28,30). The Labute approximate surface area is 205 Å². The molecule has 1 saturated heterocycles. The zero-order valence-electron chi connectivity index (χ0n) is 19.6. The number of carbonyl (C=O) groups excluding carboxylic acids is 2. The number of pyridine rings is 2. The molecule has 0 aromatic carbocycles. The van der Waals surface area contributed by atoms with Crippen molar-refractivity contribution in [2.75, 3.05) is 55.8 Å². The maximum atomic E-state index is 12.6. The van der Waals surface area contributed by atoms with Crippen LogP contribution >= 0.6 is 0 Å². The summed E-state index contributed by atoms with van der Waals surface area (Å²) < 4.78 is 37.7. The summed E-state index contributed by atoms with van der Waals surface area (Å²) in [7, 11) is 3.33. The third-order valence-corrected chi connectivity index (χ3v) is 5.49. The molecular weight excluding hydrogens is 481 g/mol. The molecule has 0 saturated carbocycles. The summed E-state index contributed by atoms with van der Waals surface area (Å²) in [6.45, 7) is 0.402. The quantitative estimate of drug-likeness (QED) is 0.336. The van der Waals surface area contributed by atoms with E-state index in [1.807, 2.05) is 11.9 Å². The molecule has 2 aromatic rings. The topological polar surface area (TPSA) is 138 Å². The van der Waals surface area contributed by atoms with Gasteiger partial charge in [0.05, 0.1) is 17.8 Å². The van der Waals surface area contributed by atoms with Gasteiger partial charge in [-0.3, -0.25) is 14.5 Å². The summed E-state index contributed by atoms with van der Waals surface area (Å²) in [6.07, 6.45) is -4.29. The van der Waals surface area contributed by atoms with Crippen LogP contribution in [0, 0.1) is 11.3 Å². The fourth-order valence-corrected chi connectivity index (χ4v) is 3.44. The summed E-state index contributed by atoms with van der Waals surface area (Å²) in [5.41, 5.74) is 0.454. The minimum Gasteiger partial charge on any atom is -0.375 e. The predicted octanol–water partition coefficient (Wildman–Crippen LogP) is 1.23. The second-order valence-electron chi connectivity index (χ2n) is 8.21. The highest BCUT2D eigenvalue weighted by molar-refractivity contribution is 5.80. The van der Waals surface area contributed by atoms with E-state index in [-0.39, 0.29) is 41.0 Å². The maximum absolute atomic E-state index is 12.6. The number of aldehydes is 1. The normalized spacial score (nSPS) is 15.2. The van der Waals surface area contributed by atoms with Crippen LogP contribution in [0.4, 0.5) is 30.5 Å². The molecule has 3 N–H and O–H groups in total. The number of piperazine rings is 1. The molecule has 36 heavy (non-hydrogen) atoms. The van der Waals surface area contributed by atoms with Crippen molar-refractivity contribution in [1.29, 1.82) is 5.26 Å². The summed E-state index contributed by atoms with van der Waals surface area (Å²) in [5.74, 6) is 0.161. The Hall–Kier alpha value is -3.96. The average Bonchev–Trinajstić information content (AvgIpc) is 2.83. The number of aliphatic hydroxyl groups excluding tert-OH is 1. The summed E-state index contributed by atoms with van der Waals surface area (Å²) in [6, 6.07) is 6.12. The van der Waals surface area contributed by atoms with Crippen molar-refractivity contribution in [3.8, 4) is 6.07 Å². The number of halogens is 3. The lowest BCUT2D eigenvalue weighted by Crippen LogP contribution is -2.48. The number of hydrogen-bond acceptors (Lipinski definition) is 10.